The van der Waals surface area contributed by atoms with Gasteiger partial charge in [0.25, 0.3) is 0 Å². The molecule has 0 N–H and O–H groups in total. The van der Waals surface area contributed by atoms with Crippen molar-refractivity contribution in [2.24, 2.45) is 0 Å². The largest absolute Gasteiger partial charge is 0.460 e. The zero-order valence-electron chi connectivity index (χ0n) is 17.5. The first-order valence-corrected chi connectivity index (χ1v) is 9.61. The molecule has 0 amide bonds. The fourth-order valence-electron chi connectivity index (χ4n) is 2.02. The Kier molecular flexibility index (Phi) is 13.8. The molecule has 0 spiro atoms. The first kappa shape index (κ1) is 28.4. The van der Waals surface area contributed by atoms with Gasteiger partial charge in [-0.15, -0.1) is 0 Å². The Hall–Kier alpha value is -2.61. The van der Waals surface area contributed by atoms with Gasteiger partial charge in [0, 0.05) is 6.08 Å². The van der Waals surface area contributed by atoms with E-state index in [1.807, 2.05) is 0 Å². The quantitative estimate of drug-likeness (QED) is 0.0631. The molecule has 1 aromatic rings. The van der Waals surface area contributed by atoms with Crippen molar-refractivity contribution in [3.8, 4) is 5.75 Å². The van der Waals surface area contributed by atoms with E-state index in [-0.39, 0.29) is 46.2 Å². The lowest BCUT2D eigenvalue weighted by Gasteiger charge is -2.09. The van der Waals surface area contributed by atoms with Gasteiger partial charge in [-0.25, -0.2) is 18.0 Å². The molecular weight excluding hydrogens is 463 g/mol. The van der Waals surface area contributed by atoms with Crippen LogP contribution in [0.3, 0.4) is 0 Å². The highest BCUT2D eigenvalue weighted by Gasteiger charge is 2.28. The smallest absolute Gasteiger partial charge is 0.330 e. The first-order chi connectivity index (χ1) is 15.8. The predicted octanol–water partition coefficient (Wildman–Crippen LogP) is 2.47. The summed E-state index contributed by atoms with van der Waals surface area (Å²) < 4.78 is 95.4. The van der Waals surface area contributed by atoms with Gasteiger partial charge >= 0.3 is 11.9 Å². The molecule has 0 aliphatic rings. The zero-order chi connectivity index (χ0) is 24.6. The van der Waals surface area contributed by atoms with Crippen LogP contribution in [0.25, 0.3) is 0 Å². The number of carbonyl (C=O) groups excluding carboxylic acids is 2. The number of hydrogen-bond donors (Lipinski definition) is 0. The van der Waals surface area contributed by atoms with E-state index in [9.17, 15) is 31.5 Å². The second-order valence-electron chi connectivity index (χ2n) is 5.94. The Balaban J connectivity index is 2.02. The van der Waals surface area contributed by atoms with Crippen molar-refractivity contribution in [2.45, 2.75) is 6.42 Å². The highest BCUT2D eigenvalue weighted by molar-refractivity contribution is 5.81. The molecule has 0 radical (unpaired) electrons. The Morgan fingerprint density at radius 3 is 1.48 bits per heavy atom. The minimum atomic E-state index is -2.35. The molecule has 0 atom stereocenters. The van der Waals surface area contributed by atoms with Crippen LogP contribution in [0.5, 0.6) is 5.75 Å². The van der Waals surface area contributed by atoms with Gasteiger partial charge < -0.3 is 28.4 Å². The van der Waals surface area contributed by atoms with Crippen LogP contribution in [0.15, 0.2) is 12.7 Å². The topological polar surface area (TPSA) is 89.5 Å². The number of hydrogen-bond acceptors (Lipinski definition) is 8. The van der Waals surface area contributed by atoms with Crippen LogP contribution in [-0.4, -0.2) is 71.4 Å². The second-order valence-corrected chi connectivity index (χ2v) is 5.94. The van der Waals surface area contributed by atoms with Crippen molar-refractivity contribution in [1.29, 1.82) is 0 Å². The van der Waals surface area contributed by atoms with Crippen molar-refractivity contribution in [3.63, 3.8) is 0 Å². The van der Waals surface area contributed by atoms with E-state index in [0.717, 1.165) is 6.08 Å². The number of carbonyl (C=O) groups is 2. The summed E-state index contributed by atoms with van der Waals surface area (Å²) in [5.41, 5.74) is 0. The molecule has 0 aliphatic heterocycles. The van der Waals surface area contributed by atoms with Crippen LogP contribution < -0.4 is 4.74 Å². The molecule has 33 heavy (non-hydrogen) atoms. The molecule has 186 valence electrons. The molecule has 13 heteroatoms. The Morgan fingerprint density at radius 2 is 1.03 bits per heavy atom. The summed E-state index contributed by atoms with van der Waals surface area (Å²) in [6.07, 6.45) is 0.560. The van der Waals surface area contributed by atoms with Gasteiger partial charge in [-0.3, -0.25) is 4.79 Å². The van der Waals surface area contributed by atoms with Gasteiger partial charge in [0.05, 0.1) is 59.3 Å². The normalized spacial score (nSPS) is 10.8. The van der Waals surface area contributed by atoms with E-state index >= 15 is 0 Å². The van der Waals surface area contributed by atoms with Gasteiger partial charge in [-0.1, -0.05) is 6.58 Å². The number of rotatable bonds is 17. The molecule has 8 nitrogen and oxygen atoms in total. The second kappa shape index (κ2) is 16.1. The summed E-state index contributed by atoms with van der Waals surface area (Å²) in [6, 6.07) is 0. The van der Waals surface area contributed by atoms with Gasteiger partial charge in [-0.05, 0) is 0 Å². The zero-order valence-corrected chi connectivity index (χ0v) is 17.5. The van der Waals surface area contributed by atoms with Gasteiger partial charge in [0.15, 0.2) is 0 Å². The maximum absolute atomic E-state index is 13.4. The fourth-order valence-corrected chi connectivity index (χ4v) is 2.02. The molecule has 0 saturated carbocycles. The number of benzene rings is 1. The monoisotopic (exact) mass is 486 g/mol. The standard InChI is InChI=1S/C20H23F5O8/c1-2-13(26)32-12-11-31-10-9-30-8-7-29-6-5-28-4-3-14(27)33-20-18(24)16(22)15(21)17(23)19(20)25/h2H,1,3-12H2. The minimum Gasteiger partial charge on any atom is -0.460 e. The van der Waals surface area contributed by atoms with Crippen LogP contribution in [-0.2, 0) is 33.3 Å². The lowest BCUT2D eigenvalue weighted by Crippen LogP contribution is -2.16. The summed E-state index contributed by atoms with van der Waals surface area (Å²) in [6.45, 7) is 4.73. The Morgan fingerprint density at radius 1 is 0.636 bits per heavy atom. The average Bonchev–Trinajstić information content (AvgIpc) is 2.81. The molecule has 0 unspecified atom stereocenters. The molecule has 0 fully saturated rings. The number of esters is 2. The summed E-state index contributed by atoms with van der Waals surface area (Å²) >= 11 is 0. The van der Waals surface area contributed by atoms with Crippen molar-refractivity contribution in [1.82, 2.24) is 0 Å². The predicted molar refractivity (Wildman–Crippen MR) is 101 cm³/mol. The van der Waals surface area contributed by atoms with Crippen molar-refractivity contribution in [3.05, 3.63) is 41.7 Å². The molecule has 0 aromatic heterocycles. The van der Waals surface area contributed by atoms with Crippen LogP contribution in [0.2, 0.25) is 0 Å². The molecule has 0 heterocycles. The maximum Gasteiger partial charge on any atom is 0.330 e. The number of halogens is 5. The van der Waals surface area contributed by atoms with E-state index < -0.39 is 53.2 Å². The summed E-state index contributed by atoms with van der Waals surface area (Å²) in [4.78, 5) is 22.3. The van der Waals surface area contributed by atoms with Crippen molar-refractivity contribution < 1.29 is 60.0 Å². The third kappa shape index (κ3) is 10.7. The minimum absolute atomic E-state index is 0.0718. The molecule has 0 bridgehead atoms. The lowest BCUT2D eigenvalue weighted by molar-refractivity contribution is -0.139. The Bertz CT molecular complexity index is 761. The molecule has 1 aromatic carbocycles. The number of ether oxygens (including phenoxy) is 6. The van der Waals surface area contributed by atoms with E-state index in [2.05, 4.69) is 11.3 Å². The highest BCUT2D eigenvalue weighted by Crippen LogP contribution is 2.29. The average molecular weight is 486 g/mol. The van der Waals surface area contributed by atoms with Gasteiger partial charge in [0.2, 0.25) is 34.8 Å². The van der Waals surface area contributed by atoms with E-state index in [0.29, 0.717) is 13.2 Å². The molecular formula is C20H23F5O8. The SMILES string of the molecule is C=CC(=O)OCCOCCOCCOCCOCCC(=O)Oc1c(F)c(F)c(F)c(F)c1F. The van der Waals surface area contributed by atoms with Crippen LogP contribution >= 0.6 is 0 Å². The van der Waals surface area contributed by atoms with Crippen molar-refractivity contribution in [2.75, 3.05) is 59.5 Å². The van der Waals surface area contributed by atoms with Gasteiger partial charge in [-0.2, -0.15) is 8.78 Å². The summed E-state index contributed by atoms with van der Waals surface area (Å²) in [7, 11) is 0. The van der Waals surface area contributed by atoms with Crippen LogP contribution in [0, 0.1) is 29.1 Å². The maximum atomic E-state index is 13.4. The van der Waals surface area contributed by atoms with Crippen LogP contribution in [0.4, 0.5) is 22.0 Å². The first-order valence-electron chi connectivity index (χ1n) is 9.61. The van der Waals surface area contributed by atoms with E-state index in [1.54, 1.807) is 0 Å². The third-order valence-corrected chi connectivity index (χ3v) is 3.59. The van der Waals surface area contributed by atoms with Gasteiger partial charge in [0.1, 0.15) is 6.61 Å². The Labute approximate surface area is 186 Å². The molecule has 1 rings (SSSR count). The highest BCUT2D eigenvalue weighted by atomic mass is 19.2. The molecule has 0 aliphatic carbocycles. The van der Waals surface area contributed by atoms with Crippen molar-refractivity contribution >= 4 is 11.9 Å². The summed E-state index contributed by atoms with van der Waals surface area (Å²) in [5, 5.41) is 0. The van der Waals surface area contributed by atoms with E-state index in [4.69, 9.17) is 23.7 Å². The van der Waals surface area contributed by atoms with Crippen LogP contribution in [0.1, 0.15) is 6.42 Å². The summed E-state index contributed by atoms with van der Waals surface area (Å²) in [5.74, 6) is -14.7. The molecule has 0 saturated heterocycles. The third-order valence-electron chi connectivity index (χ3n) is 3.59. The fraction of sp³-hybridized carbons (Fsp3) is 0.500. The lowest BCUT2D eigenvalue weighted by atomic mass is 10.2. The van der Waals surface area contributed by atoms with E-state index in [1.165, 1.54) is 0 Å².